The fourth-order valence-corrected chi connectivity index (χ4v) is 2.12. The Labute approximate surface area is 118 Å². The number of nitrogens with zero attached hydrogens (tertiary/aromatic N) is 1. The highest BCUT2D eigenvalue weighted by atomic mass is 35.5. The van der Waals surface area contributed by atoms with Gasteiger partial charge < -0.3 is 10.6 Å². The number of primary amides is 1. The largest absolute Gasteiger partial charge is 0.370 e. The Hall–Kier alpha value is -0.930. The minimum Gasteiger partial charge on any atom is -0.370 e. The van der Waals surface area contributed by atoms with Crippen molar-refractivity contribution in [2.45, 2.75) is 12.8 Å². The highest BCUT2D eigenvalue weighted by Crippen LogP contribution is 2.16. The third kappa shape index (κ3) is 5.15. The van der Waals surface area contributed by atoms with Gasteiger partial charge in [0.25, 0.3) is 0 Å². The lowest BCUT2D eigenvalue weighted by Gasteiger charge is -2.23. The van der Waals surface area contributed by atoms with Crippen molar-refractivity contribution >= 4 is 34.8 Å². The highest BCUT2D eigenvalue weighted by molar-refractivity contribution is 6.18. The number of carbonyl (C=O) groups excluding carboxylic acids is 1. The number of rotatable bonds is 8. The van der Waals surface area contributed by atoms with Gasteiger partial charge in [0, 0.05) is 37.0 Å². The third-order valence-corrected chi connectivity index (χ3v) is 3.01. The molecule has 0 saturated carbocycles. The van der Waals surface area contributed by atoms with Gasteiger partial charge in [-0.15, -0.1) is 23.2 Å². The molecule has 5 heteroatoms. The summed E-state index contributed by atoms with van der Waals surface area (Å²) in [4.78, 5) is 12.8. The lowest BCUT2D eigenvalue weighted by Crippen LogP contribution is -2.27. The van der Waals surface area contributed by atoms with Gasteiger partial charge in [-0.05, 0) is 24.1 Å². The maximum Gasteiger partial charge on any atom is 0.217 e. The fourth-order valence-electron chi connectivity index (χ4n) is 1.72. The zero-order chi connectivity index (χ0) is 13.4. The van der Waals surface area contributed by atoms with E-state index in [1.165, 1.54) is 0 Å². The first-order valence-corrected chi connectivity index (χ1v) is 6.98. The number of nitrogens with two attached hydrogens (primary N) is 1. The molecule has 0 atom stereocenters. The first kappa shape index (κ1) is 15.1. The molecule has 0 heterocycles. The number of hydrogen-bond donors (Lipinski definition) is 1. The van der Waals surface area contributed by atoms with E-state index in [-0.39, 0.29) is 5.91 Å². The number of aryl methyl sites for hydroxylation is 1. The number of halogens is 2. The van der Waals surface area contributed by atoms with Crippen LogP contribution in [0.5, 0.6) is 0 Å². The lowest BCUT2D eigenvalue weighted by molar-refractivity contribution is -0.117. The predicted molar refractivity (Wildman–Crippen MR) is 77.6 cm³/mol. The number of benzene rings is 1. The van der Waals surface area contributed by atoms with Gasteiger partial charge >= 0.3 is 0 Å². The van der Waals surface area contributed by atoms with E-state index in [0.29, 0.717) is 24.6 Å². The van der Waals surface area contributed by atoms with Crippen LogP contribution in [0.15, 0.2) is 24.3 Å². The van der Waals surface area contributed by atoms with Crippen molar-refractivity contribution in [1.82, 2.24) is 0 Å². The fraction of sp³-hybridized carbons (Fsp3) is 0.462. The summed E-state index contributed by atoms with van der Waals surface area (Å²) in [5, 5.41) is 0. The van der Waals surface area contributed by atoms with E-state index < -0.39 is 0 Å². The molecular formula is C13H18Cl2N2O. The van der Waals surface area contributed by atoms with Crippen LogP contribution in [-0.2, 0) is 11.2 Å². The molecule has 18 heavy (non-hydrogen) atoms. The first-order valence-electron chi connectivity index (χ1n) is 5.91. The number of amides is 1. The van der Waals surface area contributed by atoms with E-state index >= 15 is 0 Å². The Balaban J connectivity index is 2.64. The summed E-state index contributed by atoms with van der Waals surface area (Å²) in [5.41, 5.74) is 7.32. The zero-order valence-electron chi connectivity index (χ0n) is 10.2. The minimum absolute atomic E-state index is 0.273. The molecule has 0 aliphatic heterocycles. The van der Waals surface area contributed by atoms with Crippen LogP contribution in [0, 0.1) is 0 Å². The Kier molecular flexibility index (Phi) is 6.91. The quantitative estimate of drug-likeness (QED) is 0.747. The summed E-state index contributed by atoms with van der Waals surface area (Å²) >= 11 is 11.5. The van der Waals surface area contributed by atoms with Gasteiger partial charge in [-0.2, -0.15) is 0 Å². The van der Waals surface area contributed by atoms with Crippen molar-refractivity contribution in [1.29, 1.82) is 0 Å². The van der Waals surface area contributed by atoms with E-state index in [9.17, 15) is 4.79 Å². The molecular weight excluding hydrogens is 271 g/mol. The van der Waals surface area contributed by atoms with E-state index in [2.05, 4.69) is 4.90 Å². The molecule has 0 bridgehead atoms. The minimum atomic E-state index is -0.273. The Morgan fingerprint density at radius 3 is 2.11 bits per heavy atom. The summed E-state index contributed by atoms with van der Waals surface area (Å²) in [5.74, 6) is 0.866. The topological polar surface area (TPSA) is 46.3 Å². The van der Waals surface area contributed by atoms with Gasteiger partial charge in [0.1, 0.15) is 0 Å². The molecule has 0 aromatic heterocycles. The van der Waals surface area contributed by atoms with Gasteiger partial charge in [0.15, 0.2) is 0 Å². The van der Waals surface area contributed by atoms with Crippen LogP contribution in [0.1, 0.15) is 12.0 Å². The monoisotopic (exact) mass is 288 g/mol. The van der Waals surface area contributed by atoms with Crippen LogP contribution in [0.3, 0.4) is 0 Å². The highest BCUT2D eigenvalue weighted by Gasteiger charge is 2.05. The second-order valence-electron chi connectivity index (χ2n) is 4.00. The summed E-state index contributed by atoms with van der Waals surface area (Å²) in [6, 6.07) is 8.06. The van der Waals surface area contributed by atoms with Gasteiger partial charge in [-0.1, -0.05) is 12.1 Å². The van der Waals surface area contributed by atoms with Crippen molar-refractivity contribution in [3.63, 3.8) is 0 Å². The standard InChI is InChI=1S/C13H18Cl2N2O/c14-7-9-17(10-8-15)12-4-1-11(2-5-12)3-6-13(16)18/h1-2,4-5H,3,6-10H2,(H2,16,18). The molecule has 0 spiro atoms. The summed E-state index contributed by atoms with van der Waals surface area (Å²) in [7, 11) is 0. The van der Waals surface area contributed by atoms with Crippen LogP contribution in [0.4, 0.5) is 5.69 Å². The van der Waals surface area contributed by atoms with E-state index in [1.807, 2.05) is 24.3 Å². The van der Waals surface area contributed by atoms with Crippen molar-refractivity contribution in [3.05, 3.63) is 29.8 Å². The second-order valence-corrected chi connectivity index (χ2v) is 4.75. The Bertz CT molecular complexity index is 362. The second kappa shape index (κ2) is 8.22. The molecule has 1 aromatic carbocycles. The van der Waals surface area contributed by atoms with Gasteiger partial charge in [0.05, 0.1) is 0 Å². The number of carbonyl (C=O) groups is 1. The van der Waals surface area contributed by atoms with Gasteiger partial charge in [-0.3, -0.25) is 4.79 Å². The van der Waals surface area contributed by atoms with Crippen LogP contribution in [-0.4, -0.2) is 30.8 Å². The average Bonchev–Trinajstić information content (AvgIpc) is 2.37. The maximum atomic E-state index is 10.7. The van der Waals surface area contributed by atoms with Crippen molar-refractivity contribution < 1.29 is 4.79 Å². The molecule has 1 aromatic rings. The molecule has 0 unspecified atom stereocenters. The maximum absolute atomic E-state index is 10.7. The molecule has 1 rings (SSSR count). The van der Waals surface area contributed by atoms with Crippen LogP contribution in [0.25, 0.3) is 0 Å². The molecule has 100 valence electrons. The van der Waals surface area contributed by atoms with Crippen molar-refractivity contribution in [2.24, 2.45) is 5.73 Å². The number of anilines is 1. The summed E-state index contributed by atoms with van der Waals surface area (Å²) < 4.78 is 0. The molecule has 3 nitrogen and oxygen atoms in total. The number of alkyl halides is 2. The number of hydrogen-bond acceptors (Lipinski definition) is 2. The van der Waals surface area contributed by atoms with Gasteiger partial charge in [0.2, 0.25) is 5.91 Å². The predicted octanol–water partition coefficient (Wildman–Crippen LogP) is 2.39. The first-order chi connectivity index (χ1) is 8.67. The molecule has 0 saturated heterocycles. The lowest BCUT2D eigenvalue weighted by atomic mass is 10.1. The SMILES string of the molecule is NC(=O)CCc1ccc(N(CCCl)CCCl)cc1. The molecule has 0 aliphatic carbocycles. The van der Waals surface area contributed by atoms with Crippen LogP contribution >= 0.6 is 23.2 Å². The van der Waals surface area contributed by atoms with Crippen LogP contribution in [0.2, 0.25) is 0 Å². The molecule has 0 radical (unpaired) electrons. The van der Waals surface area contributed by atoms with Crippen molar-refractivity contribution in [2.75, 3.05) is 29.7 Å². The Morgan fingerprint density at radius 1 is 1.11 bits per heavy atom. The van der Waals surface area contributed by atoms with E-state index in [0.717, 1.165) is 24.3 Å². The zero-order valence-corrected chi connectivity index (χ0v) is 11.8. The molecule has 1 amide bonds. The average molecular weight is 289 g/mol. The molecule has 0 aliphatic rings. The summed E-state index contributed by atoms with van der Waals surface area (Å²) in [6.07, 6.45) is 1.06. The molecule has 2 N–H and O–H groups in total. The van der Waals surface area contributed by atoms with E-state index in [1.54, 1.807) is 0 Å². The van der Waals surface area contributed by atoms with Gasteiger partial charge in [-0.25, -0.2) is 0 Å². The Morgan fingerprint density at radius 2 is 1.67 bits per heavy atom. The third-order valence-electron chi connectivity index (χ3n) is 2.67. The smallest absolute Gasteiger partial charge is 0.217 e. The normalized spacial score (nSPS) is 10.3. The summed E-state index contributed by atoms with van der Waals surface area (Å²) in [6.45, 7) is 1.55. The van der Waals surface area contributed by atoms with Crippen LogP contribution < -0.4 is 10.6 Å². The van der Waals surface area contributed by atoms with Crippen molar-refractivity contribution in [3.8, 4) is 0 Å². The van der Waals surface area contributed by atoms with E-state index in [4.69, 9.17) is 28.9 Å². The molecule has 0 fully saturated rings.